The summed E-state index contributed by atoms with van der Waals surface area (Å²) < 4.78 is 26.5. The van der Waals surface area contributed by atoms with Gasteiger partial charge in [0, 0.05) is 59.0 Å². The third-order valence-corrected chi connectivity index (χ3v) is 8.56. The van der Waals surface area contributed by atoms with Gasteiger partial charge in [-0.3, -0.25) is 14.5 Å². The highest BCUT2D eigenvalue weighted by Gasteiger charge is 2.20. The Morgan fingerprint density at radius 3 is 1.67 bits per heavy atom. The number of carbonyl (C=O) groups is 2. The molecule has 2 heterocycles. The van der Waals surface area contributed by atoms with Crippen molar-refractivity contribution in [3.8, 4) is 0 Å². The van der Waals surface area contributed by atoms with E-state index in [2.05, 4.69) is 55.0 Å². The van der Waals surface area contributed by atoms with Gasteiger partial charge in [0.1, 0.15) is 12.4 Å². The summed E-state index contributed by atoms with van der Waals surface area (Å²) >= 11 is 0. The van der Waals surface area contributed by atoms with E-state index in [9.17, 15) is 9.59 Å². The van der Waals surface area contributed by atoms with Gasteiger partial charge in [0.15, 0.2) is 5.78 Å². The lowest BCUT2D eigenvalue weighted by molar-refractivity contribution is -0.120. The summed E-state index contributed by atoms with van der Waals surface area (Å²) in [5, 5.41) is 15.3. The number of rotatable bonds is 22. The first-order valence-electron chi connectivity index (χ1n) is 21.2. The summed E-state index contributed by atoms with van der Waals surface area (Å²) in [6.45, 7) is 23.9. The van der Waals surface area contributed by atoms with Gasteiger partial charge >= 0.3 is 0 Å². The summed E-state index contributed by atoms with van der Waals surface area (Å²) in [7, 11) is 11.2. The fraction of sp³-hybridized carbons (Fsp3) is 0.951. The number of likely N-dealkylation sites (N-methyl/N-ethyl adjacent to an activating group) is 3. The molecule has 0 atom stereocenters. The van der Waals surface area contributed by atoms with Crippen molar-refractivity contribution >= 4 is 11.6 Å². The summed E-state index contributed by atoms with van der Waals surface area (Å²) in [4.78, 5) is 24.8. The van der Waals surface area contributed by atoms with E-state index >= 15 is 0 Å². The van der Waals surface area contributed by atoms with Crippen LogP contribution in [0.25, 0.3) is 0 Å². The number of ether oxygens (including phenoxy) is 5. The minimum Gasteiger partial charge on any atom is -0.380 e. The van der Waals surface area contributed by atoms with Gasteiger partial charge in [0.2, 0.25) is 0 Å². The highest BCUT2D eigenvalue weighted by molar-refractivity contribution is 5.77. The average Bonchev–Trinajstić information content (AvgIpc) is 3.19. The summed E-state index contributed by atoms with van der Waals surface area (Å²) in [6.07, 6.45) is 11.9. The molecule has 0 aromatic carbocycles. The molecule has 14 heteroatoms. The maximum atomic E-state index is 9.98. The molecular weight excluding hydrogens is 702 g/mol. The van der Waals surface area contributed by atoms with Crippen molar-refractivity contribution in [1.29, 1.82) is 0 Å². The second kappa shape index (κ2) is 49.0. The molecular formula is C41H91N7O7. The smallest absolute Gasteiger partial charge is 0.155 e. The lowest BCUT2D eigenvalue weighted by Crippen LogP contribution is -2.38. The third-order valence-electron chi connectivity index (χ3n) is 8.56. The van der Waals surface area contributed by atoms with Crippen LogP contribution in [0.2, 0.25) is 0 Å². The molecule has 0 bridgehead atoms. The monoisotopic (exact) mass is 794 g/mol. The Morgan fingerprint density at radius 1 is 0.636 bits per heavy atom. The van der Waals surface area contributed by atoms with E-state index in [4.69, 9.17) is 18.9 Å². The molecule has 0 aromatic rings. The predicted octanol–water partition coefficient (Wildman–Crippen LogP) is 2.84. The first kappa shape index (κ1) is 58.2. The third kappa shape index (κ3) is 48.9. The summed E-state index contributed by atoms with van der Waals surface area (Å²) in [5.41, 5.74) is 0. The van der Waals surface area contributed by atoms with Gasteiger partial charge in [-0.1, -0.05) is 20.3 Å². The van der Waals surface area contributed by atoms with Crippen LogP contribution in [0.3, 0.4) is 0 Å². The molecule has 3 fully saturated rings. The van der Waals surface area contributed by atoms with E-state index in [1.165, 1.54) is 85.0 Å². The second-order valence-corrected chi connectivity index (χ2v) is 13.9. The van der Waals surface area contributed by atoms with Crippen molar-refractivity contribution in [2.24, 2.45) is 0 Å². The number of methoxy groups -OCH3 is 1. The highest BCUT2D eigenvalue weighted by atomic mass is 16.5. The van der Waals surface area contributed by atoms with E-state index in [-0.39, 0.29) is 18.2 Å². The maximum Gasteiger partial charge on any atom is 0.155 e. The molecule has 55 heavy (non-hydrogen) atoms. The second-order valence-electron chi connectivity index (χ2n) is 13.9. The van der Waals surface area contributed by atoms with Gasteiger partial charge in [0.25, 0.3) is 0 Å². The fourth-order valence-electron chi connectivity index (χ4n) is 5.49. The topological polar surface area (TPSA) is 147 Å². The largest absolute Gasteiger partial charge is 0.380 e. The van der Waals surface area contributed by atoms with E-state index in [1.54, 1.807) is 14.0 Å². The Hall–Kier alpha value is -1.14. The van der Waals surface area contributed by atoms with Crippen molar-refractivity contribution in [1.82, 2.24) is 36.4 Å². The van der Waals surface area contributed by atoms with Crippen molar-refractivity contribution in [3.05, 3.63) is 0 Å². The first-order chi connectivity index (χ1) is 26.7. The van der Waals surface area contributed by atoms with E-state index in [0.29, 0.717) is 18.7 Å². The predicted molar refractivity (Wildman–Crippen MR) is 230 cm³/mol. The zero-order valence-corrected chi connectivity index (χ0v) is 37.5. The van der Waals surface area contributed by atoms with Crippen LogP contribution in [0, 0.1) is 0 Å². The minimum absolute atomic E-state index is 0.0671. The van der Waals surface area contributed by atoms with Gasteiger partial charge in [0.05, 0.1) is 52.3 Å². The van der Waals surface area contributed by atoms with Crippen molar-refractivity contribution in [2.45, 2.75) is 97.6 Å². The zero-order valence-electron chi connectivity index (χ0n) is 37.5. The van der Waals surface area contributed by atoms with Gasteiger partial charge in [-0.15, -0.1) is 0 Å². The molecule has 332 valence electrons. The van der Waals surface area contributed by atoms with Gasteiger partial charge < -0.3 is 55.2 Å². The van der Waals surface area contributed by atoms with Gasteiger partial charge in [-0.05, 0) is 120 Å². The molecule has 2 aliphatic heterocycles. The molecule has 2 saturated heterocycles. The molecule has 0 aromatic heterocycles. The molecule has 3 aliphatic rings. The van der Waals surface area contributed by atoms with Crippen LogP contribution in [0.5, 0.6) is 0 Å². The molecule has 0 amide bonds. The average molecular weight is 794 g/mol. The summed E-state index contributed by atoms with van der Waals surface area (Å²) in [5.74, 6) is 0.245. The first-order valence-corrected chi connectivity index (χ1v) is 21.2. The van der Waals surface area contributed by atoms with E-state index in [1.807, 2.05) is 28.2 Å². The Labute approximate surface area is 339 Å². The number of piperidine rings is 1. The van der Waals surface area contributed by atoms with E-state index < -0.39 is 0 Å². The highest BCUT2D eigenvalue weighted by Crippen LogP contribution is 2.20. The number of nitrogens with zero attached hydrogens (tertiary/aromatic N) is 2. The normalized spacial score (nSPS) is 18.3. The van der Waals surface area contributed by atoms with Crippen LogP contribution in [0.15, 0.2) is 0 Å². The molecule has 1 saturated carbocycles. The lowest BCUT2D eigenvalue weighted by Gasteiger charge is -2.28. The van der Waals surface area contributed by atoms with E-state index in [0.717, 1.165) is 91.9 Å². The maximum absolute atomic E-state index is 9.98. The SMILES string of the molecule is CCCNC.CCCOCCNC.CNC1CCC(OCCOCCN2CCOCC2)CC1.CNCC(C)=O.CNCCN1CCCCC1.COCC(C)=O. The van der Waals surface area contributed by atoms with Crippen LogP contribution in [-0.4, -0.2) is 194 Å². The number of ketones is 2. The number of Topliss-reactive ketones (excluding diaryl/α,β-unsaturated/α-hetero) is 2. The number of carbonyl (C=O) groups excluding carboxylic acids is 2. The van der Waals surface area contributed by atoms with Crippen LogP contribution in [0.4, 0.5) is 0 Å². The summed E-state index contributed by atoms with van der Waals surface area (Å²) in [6, 6.07) is 0.694. The Balaban J connectivity index is -0.000000653. The quantitative estimate of drug-likeness (QED) is 0.102. The van der Waals surface area contributed by atoms with Gasteiger partial charge in [-0.2, -0.15) is 0 Å². The van der Waals surface area contributed by atoms with Crippen molar-refractivity contribution in [3.63, 3.8) is 0 Å². The van der Waals surface area contributed by atoms with Gasteiger partial charge in [-0.25, -0.2) is 0 Å². The van der Waals surface area contributed by atoms with Crippen molar-refractivity contribution < 1.29 is 33.3 Å². The number of hydrogen-bond acceptors (Lipinski definition) is 14. The molecule has 1 aliphatic carbocycles. The van der Waals surface area contributed by atoms with Crippen LogP contribution >= 0.6 is 0 Å². The number of morpholine rings is 1. The zero-order chi connectivity index (χ0) is 41.6. The molecule has 3 rings (SSSR count). The lowest BCUT2D eigenvalue weighted by atomic mass is 9.93. The number of hydrogen-bond donors (Lipinski definition) is 5. The molecule has 14 nitrogen and oxygen atoms in total. The number of likely N-dealkylation sites (tertiary alicyclic amines) is 1. The van der Waals surface area contributed by atoms with Crippen molar-refractivity contribution in [2.75, 3.05) is 161 Å². The molecule has 0 spiro atoms. The Morgan fingerprint density at radius 2 is 1.24 bits per heavy atom. The van der Waals surface area contributed by atoms with Crippen LogP contribution in [-0.2, 0) is 33.3 Å². The minimum atomic E-state index is 0.0671. The number of nitrogens with one attached hydrogen (secondary N) is 5. The standard InChI is InChI=1S/C15H30N2O3.C8H18N2.C6H15NO.C4H9NO.C4H11N.C4H8O2/c1-16-14-2-4-15(5-3-14)20-13-12-19-11-8-17-6-9-18-10-7-17;1-9-5-8-10-6-3-2-4-7-10;1-3-5-8-6-4-7-2;1-4(6)3-5-2;1-3-4-5-2;1-4(5)3-6-2/h14-16H,2-13H2,1H3;9H,2-8H2,1H3;7H,3-6H2,1-2H3;5H,3H2,1-2H3;5H,3-4H2,1-2H3;3H2,1-2H3. The molecule has 5 N–H and O–H groups in total. The molecule has 0 unspecified atom stereocenters. The Bertz CT molecular complexity index is 731. The Kier molecular flexibility index (Phi) is 51.8. The fourth-order valence-corrected chi connectivity index (χ4v) is 5.49. The van der Waals surface area contributed by atoms with Crippen LogP contribution in [0.1, 0.15) is 85.5 Å². The molecule has 0 radical (unpaired) electrons. The van der Waals surface area contributed by atoms with Crippen LogP contribution < -0.4 is 26.6 Å².